The molecule has 0 aliphatic carbocycles. The van der Waals surface area contributed by atoms with Crippen LogP contribution in [-0.2, 0) is 37.4 Å². The van der Waals surface area contributed by atoms with Crippen molar-refractivity contribution in [3.05, 3.63) is 102 Å². The minimum absolute atomic E-state index is 0. The number of carboxylic acid groups (broad SMARTS) is 1. The molecule has 3 unspecified atom stereocenters. The number of carboxylic acids is 1. The van der Waals surface area contributed by atoms with E-state index in [2.05, 4.69) is 9.98 Å². The van der Waals surface area contributed by atoms with Gasteiger partial charge in [-0.15, -0.1) is 0 Å². The van der Waals surface area contributed by atoms with Crippen molar-refractivity contribution in [1.29, 1.82) is 0 Å². The van der Waals surface area contributed by atoms with Gasteiger partial charge in [-0.3, -0.25) is 19.7 Å². The van der Waals surface area contributed by atoms with E-state index in [0.29, 0.717) is 25.1 Å². The molecule has 0 spiro atoms. The second-order valence-corrected chi connectivity index (χ2v) is 10.4. The quantitative estimate of drug-likeness (QED) is 0.124. The molecule has 1 aliphatic heterocycles. The molecule has 0 amide bonds. The zero-order valence-corrected chi connectivity index (χ0v) is 25.4. The average molecular weight is 667 g/mol. The Hall–Kier alpha value is -4.02. The molecule has 1 fully saturated rings. The second-order valence-electron chi connectivity index (χ2n) is 10.4. The van der Waals surface area contributed by atoms with Gasteiger partial charge in [-0.1, -0.05) is 78.9 Å². The smallest absolute Gasteiger partial charge is 0.395 e. The van der Waals surface area contributed by atoms with Crippen LogP contribution in [0.4, 0.5) is 18.9 Å². The maximum absolute atomic E-state index is 14.2. The largest absolute Gasteiger partial charge is 0.861 e. The first-order valence-corrected chi connectivity index (χ1v) is 14.3. The van der Waals surface area contributed by atoms with E-state index in [1.54, 1.807) is 42.5 Å². The van der Waals surface area contributed by atoms with Crippen LogP contribution in [0.25, 0.3) is 0 Å². The Labute approximate surface area is 269 Å². The zero-order chi connectivity index (χ0) is 31.7. The molecule has 0 saturated carbocycles. The summed E-state index contributed by atoms with van der Waals surface area (Å²) in [4.78, 5) is 35.0. The number of hydrogen-bond donors (Lipinski definition) is 1. The Bertz CT molecular complexity index is 1490. The number of hydrogen-bond acceptors (Lipinski definition) is 7. The SMILES string of the molecule is CCOC(=O)CC(C(N=C(c1ccccc1)c1ccccc1N=C([O-])C1CCCN1Cc1ccccc1)C(=O)O)C(F)(F)F.[Ni]. The third kappa shape index (κ3) is 9.49. The maximum atomic E-state index is 14.2. The van der Waals surface area contributed by atoms with Crippen LogP contribution in [0.1, 0.15) is 42.9 Å². The number of benzene rings is 3. The molecule has 0 bridgehead atoms. The molecule has 1 saturated heterocycles. The zero-order valence-electron chi connectivity index (χ0n) is 24.4. The molecule has 4 rings (SSSR count). The molecule has 45 heavy (non-hydrogen) atoms. The second kappa shape index (κ2) is 16.3. The Balaban J connectivity index is 0.00000552. The van der Waals surface area contributed by atoms with E-state index >= 15 is 0 Å². The van der Waals surface area contributed by atoms with E-state index < -0.39 is 48.4 Å². The van der Waals surface area contributed by atoms with Crippen LogP contribution in [0, 0.1) is 5.92 Å². The van der Waals surface area contributed by atoms with Crippen molar-refractivity contribution in [2.75, 3.05) is 13.2 Å². The number of carbonyl (C=O) groups is 2. The van der Waals surface area contributed by atoms with Crippen molar-refractivity contribution in [2.45, 2.75) is 51.0 Å². The number of aliphatic imine (C=N–C) groups is 2. The molecule has 8 nitrogen and oxygen atoms in total. The van der Waals surface area contributed by atoms with Crippen molar-refractivity contribution in [1.82, 2.24) is 4.90 Å². The number of nitrogens with zero attached hydrogens (tertiary/aromatic N) is 3. The number of ether oxygens (including phenoxy) is 1. The van der Waals surface area contributed by atoms with E-state index in [4.69, 9.17) is 4.74 Å². The van der Waals surface area contributed by atoms with Gasteiger partial charge >= 0.3 is 18.1 Å². The van der Waals surface area contributed by atoms with Crippen LogP contribution in [0.2, 0.25) is 0 Å². The van der Waals surface area contributed by atoms with E-state index in [1.807, 2.05) is 35.2 Å². The molecular formula is C33H33F3N3NiO5-. The Kier molecular flexibility index (Phi) is 12.9. The van der Waals surface area contributed by atoms with Crippen molar-refractivity contribution in [2.24, 2.45) is 15.9 Å². The van der Waals surface area contributed by atoms with Gasteiger partial charge in [-0.05, 0) is 43.8 Å². The van der Waals surface area contributed by atoms with Crippen LogP contribution in [0.15, 0.2) is 94.9 Å². The summed E-state index contributed by atoms with van der Waals surface area (Å²) in [5.41, 5.74) is 1.59. The van der Waals surface area contributed by atoms with E-state index in [1.165, 1.54) is 19.1 Å². The van der Waals surface area contributed by atoms with Crippen molar-refractivity contribution < 1.29 is 54.2 Å². The molecule has 1 heterocycles. The van der Waals surface area contributed by atoms with Gasteiger partial charge in [0.15, 0.2) is 6.04 Å². The van der Waals surface area contributed by atoms with Gasteiger partial charge in [-0.25, -0.2) is 4.79 Å². The molecule has 0 aromatic heterocycles. The molecule has 242 valence electrons. The third-order valence-electron chi connectivity index (χ3n) is 7.33. The Morgan fingerprint density at radius 1 is 1.02 bits per heavy atom. The Morgan fingerprint density at radius 2 is 1.64 bits per heavy atom. The first-order valence-electron chi connectivity index (χ1n) is 14.3. The van der Waals surface area contributed by atoms with Gasteiger partial charge in [0, 0.05) is 40.2 Å². The maximum Gasteiger partial charge on any atom is 0.395 e. The van der Waals surface area contributed by atoms with Crippen LogP contribution in [-0.4, -0.2) is 65.0 Å². The molecular weight excluding hydrogens is 634 g/mol. The number of carbonyl (C=O) groups excluding carboxylic acids is 1. The van der Waals surface area contributed by atoms with Crippen LogP contribution in [0.3, 0.4) is 0 Å². The molecule has 3 aromatic rings. The fourth-order valence-corrected chi connectivity index (χ4v) is 5.24. The van der Waals surface area contributed by atoms with Crippen LogP contribution >= 0.6 is 0 Å². The number of rotatable bonds is 12. The minimum atomic E-state index is -5.08. The summed E-state index contributed by atoms with van der Waals surface area (Å²) < 4.78 is 47.3. The van der Waals surface area contributed by atoms with Crippen LogP contribution < -0.4 is 5.11 Å². The number of alkyl halides is 3. The number of halogens is 3. The minimum Gasteiger partial charge on any atom is -0.861 e. The average Bonchev–Trinajstić information content (AvgIpc) is 3.46. The topological polar surface area (TPSA) is 115 Å². The Morgan fingerprint density at radius 3 is 2.27 bits per heavy atom. The summed E-state index contributed by atoms with van der Waals surface area (Å²) in [5, 5.41) is 23.5. The van der Waals surface area contributed by atoms with Gasteiger partial charge < -0.3 is 14.9 Å². The first kappa shape index (κ1) is 35.5. The first-order chi connectivity index (χ1) is 21.1. The van der Waals surface area contributed by atoms with Crippen molar-refractivity contribution in [3.8, 4) is 0 Å². The summed E-state index contributed by atoms with van der Waals surface area (Å²) in [6, 6.07) is 21.2. The molecule has 12 heteroatoms. The van der Waals surface area contributed by atoms with Gasteiger partial charge in [0.05, 0.1) is 30.3 Å². The standard InChI is InChI=1S/C33H34F3N3O5.Ni/c1-2-44-28(40)20-25(33(34,35)36)30(32(42)43)38-29(23-14-7-4-8-15-23)24-16-9-10-17-26(24)37-31(41)27-18-11-19-39(27)21-22-12-5-3-6-13-22;/h3-10,12-17,25,27,30H,2,11,18-21H2,1H3,(H,37,41)(H,42,43);/p-1. The van der Waals surface area contributed by atoms with Crippen molar-refractivity contribution >= 4 is 29.2 Å². The fourth-order valence-electron chi connectivity index (χ4n) is 5.24. The number of likely N-dealkylation sites (tertiary alicyclic amines) is 1. The van der Waals surface area contributed by atoms with Gasteiger partial charge in [0.1, 0.15) is 0 Å². The van der Waals surface area contributed by atoms with E-state index in [-0.39, 0.29) is 40.1 Å². The van der Waals surface area contributed by atoms with Crippen LogP contribution in [0.5, 0.6) is 0 Å². The molecule has 1 N–H and O–H groups in total. The summed E-state index contributed by atoms with van der Waals surface area (Å²) in [7, 11) is 0. The molecule has 3 aromatic carbocycles. The molecule has 3 atom stereocenters. The summed E-state index contributed by atoms with van der Waals surface area (Å²) in [6.45, 7) is 2.55. The van der Waals surface area contributed by atoms with Gasteiger partial charge in [0.25, 0.3) is 0 Å². The van der Waals surface area contributed by atoms with E-state index in [9.17, 15) is 33.0 Å². The van der Waals surface area contributed by atoms with Gasteiger partial charge in [-0.2, -0.15) is 13.2 Å². The monoisotopic (exact) mass is 666 g/mol. The molecule has 1 aliphatic rings. The third-order valence-corrected chi connectivity index (χ3v) is 7.33. The summed E-state index contributed by atoms with van der Waals surface area (Å²) in [6.07, 6.45) is -4.90. The predicted octanol–water partition coefficient (Wildman–Crippen LogP) is 5.16. The van der Waals surface area contributed by atoms with E-state index in [0.717, 1.165) is 12.0 Å². The number of aliphatic carboxylic acids is 1. The number of esters is 1. The summed E-state index contributed by atoms with van der Waals surface area (Å²) in [5.74, 6) is -6.12. The predicted molar refractivity (Wildman–Crippen MR) is 158 cm³/mol. The van der Waals surface area contributed by atoms with Gasteiger partial charge in [0.2, 0.25) is 0 Å². The fraction of sp³-hybridized carbons (Fsp3) is 0.333. The normalized spacial score (nSPS) is 17.3. The summed E-state index contributed by atoms with van der Waals surface area (Å²) >= 11 is 0. The number of para-hydroxylation sites is 1. The molecule has 0 radical (unpaired) electrons. The van der Waals surface area contributed by atoms with Crippen molar-refractivity contribution in [3.63, 3.8) is 0 Å².